The van der Waals surface area contributed by atoms with Crippen molar-refractivity contribution in [1.82, 2.24) is 0 Å². The van der Waals surface area contributed by atoms with Crippen molar-refractivity contribution in [3.63, 3.8) is 0 Å². The Kier molecular flexibility index (Phi) is 3.24. The predicted octanol–water partition coefficient (Wildman–Crippen LogP) is 3.83. The van der Waals surface area contributed by atoms with Crippen LogP contribution in [0.15, 0.2) is 0 Å². The molecule has 0 saturated heterocycles. The maximum Gasteiger partial charge on any atom is 0.0277 e. The first-order valence-electron chi connectivity index (χ1n) is 4.73. The van der Waals surface area contributed by atoms with Gasteiger partial charge in [0.2, 0.25) is 0 Å². The molecule has 1 saturated carbocycles. The summed E-state index contributed by atoms with van der Waals surface area (Å²) in [5, 5.41) is 0. The van der Waals surface area contributed by atoms with E-state index in [1.54, 1.807) is 0 Å². The van der Waals surface area contributed by atoms with Gasteiger partial charge in [0.25, 0.3) is 0 Å². The molecule has 0 amide bonds. The Morgan fingerprint density at radius 3 is 2.18 bits per heavy atom. The van der Waals surface area contributed by atoms with Crippen molar-refractivity contribution in [1.29, 1.82) is 0 Å². The third kappa shape index (κ3) is 2.37. The molecule has 0 aromatic carbocycles. The van der Waals surface area contributed by atoms with Gasteiger partial charge in [0.15, 0.2) is 0 Å². The molecule has 1 rings (SSSR count). The lowest BCUT2D eigenvalue weighted by molar-refractivity contribution is 0.183. The highest BCUT2D eigenvalue weighted by molar-refractivity contribution is 6.18. The minimum absolute atomic E-state index is 0.377. The molecule has 0 nitrogen and oxygen atoms in total. The zero-order valence-corrected chi connectivity index (χ0v) is 8.45. The van der Waals surface area contributed by atoms with E-state index in [4.69, 9.17) is 11.6 Å². The maximum atomic E-state index is 5.93. The zero-order chi connectivity index (χ0) is 8.32. The molecular weight excluding hydrogens is 156 g/mol. The Hall–Kier alpha value is 0.290. The van der Waals surface area contributed by atoms with E-state index in [1.165, 1.54) is 32.1 Å². The monoisotopic (exact) mass is 174 g/mol. The second-order valence-corrected chi connectivity index (χ2v) is 4.72. The Labute approximate surface area is 75.3 Å². The van der Waals surface area contributed by atoms with E-state index in [-0.39, 0.29) is 0 Å². The van der Waals surface area contributed by atoms with Crippen LogP contribution in [0.5, 0.6) is 0 Å². The van der Waals surface area contributed by atoms with Gasteiger partial charge >= 0.3 is 0 Å². The van der Waals surface area contributed by atoms with Gasteiger partial charge in [0.05, 0.1) is 0 Å². The summed E-state index contributed by atoms with van der Waals surface area (Å²) < 4.78 is 0. The molecule has 0 heterocycles. The molecule has 0 aromatic rings. The molecule has 66 valence electrons. The van der Waals surface area contributed by atoms with Gasteiger partial charge in [0.1, 0.15) is 0 Å². The van der Waals surface area contributed by atoms with Gasteiger partial charge in [-0.05, 0) is 24.2 Å². The number of rotatable bonds is 2. The molecule has 0 unspecified atom stereocenters. The molecule has 0 radical (unpaired) electrons. The first kappa shape index (κ1) is 9.38. The third-order valence-corrected chi connectivity index (χ3v) is 3.74. The van der Waals surface area contributed by atoms with Gasteiger partial charge in [0, 0.05) is 5.88 Å². The minimum Gasteiger partial charge on any atom is -0.126 e. The average Bonchev–Trinajstić information content (AvgIpc) is 2.06. The van der Waals surface area contributed by atoms with E-state index in [9.17, 15) is 0 Å². The summed E-state index contributed by atoms with van der Waals surface area (Å²) in [6, 6.07) is 0. The van der Waals surface area contributed by atoms with E-state index in [0.717, 1.165) is 11.8 Å². The number of hydrogen-bond donors (Lipinski definition) is 0. The highest BCUT2D eigenvalue weighted by Crippen LogP contribution is 2.38. The SMILES string of the molecule is CC(C)(CCl)C1CCCCC1. The Bertz CT molecular complexity index is 112. The summed E-state index contributed by atoms with van der Waals surface area (Å²) in [6.45, 7) is 4.60. The third-order valence-electron chi connectivity index (χ3n) is 3.05. The molecule has 0 atom stereocenters. The molecule has 1 aliphatic rings. The van der Waals surface area contributed by atoms with Crippen LogP contribution in [0.4, 0.5) is 0 Å². The van der Waals surface area contributed by atoms with Crippen LogP contribution in [0, 0.1) is 11.3 Å². The highest BCUT2D eigenvalue weighted by Gasteiger charge is 2.29. The predicted molar refractivity (Wildman–Crippen MR) is 51.1 cm³/mol. The molecular formula is C10H19Cl. The van der Waals surface area contributed by atoms with E-state index in [1.807, 2.05) is 0 Å². The van der Waals surface area contributed by atoms with Crippen molar-refractivity contribution >= 4 is 11.6 Å². The van der Waals surface area contributed by atoms with Crippen LogP contribution in [-0.4, -0.2) is 5.88 Å². The van der Waals surface area contributed by atoms with Crippen LogP contribution in [0.1, 0.15) is 46.0 Å². The first-order valence-corrected chi connectivity index (χ1v) is 5.26. The van der Waals surface area contributed by atoms with E-state index in [2.05, 4.69) is 13.8 Å². The van der Waals surface area contributed by atoms with Crippen LogP contribution in [0.2, 0.25) is 0 Å². The van der Waals surface area contributed by atoms with E-state index >= 15 is 0 Å². The topological polar surface area (TPSA) is 0 Å². The van der Waals surface area contributed by atoms with Crippen molar-refractivity contribution < 1.29 is 0 Å². The summed E-state index contributed by atoms with van der Waals surface area (Å²) in [4.78, 5) is 0. The molecule has 1 heteroatoms. The Morgan fingerprint density at radius 2 is 1.73 bits per heavy atom. The van der Waals surface area contributed by atoms with Crippen LogP contribution < -0.4 is 0 Å². The van der Waals surface area contributed by atoms with E-state index < -0.39 is 0 Å². The van der Waals surface area contributed by atoms with Crippen molar-refractivity contribution in [3.05, 3.63) is 0 Å². The Morgan fingerprint density at radius 1 is 1.18 bits per heavy atom. The quantitative estimate of drug-likeness (QED) is 0.559. The van der Waals surface area contributed by atoms with Gasteiger partial charge in [-0.1, -0.05) is 33.1 Å². The van der Waals surface area contributed by atoms with Crippen LogP contribution in [0.25, 0.3) is 0 Å². The highest BCUT2D eigenvalue weighted by atomic mass is 35.5. The molecule has 11 heavy (non-hydrogen) atoms. The fraction of sp³-hybridized carbons (Fsp3) is 1.00. The fourth-order valence-corrected chi connectivity index (χ4v) is 2.21. The maximum absolute atomic E-state index is 5.93. The van der Waals surface area contributed by atoms with Gasteiger partial charge < -0.3 is 0 Å². The molecule has 0 spiro atoms. The lowest BCUT2D eigenvalue weighted by atomic mass is 9.72. The smallest absolute Gasteiger partial charge is 0.0277 e. The second kappa shape index (κ2) is 3.80. The van der Waals surface area contributed by atoms with Crippen LogP contribution >= 0.6 is 11.6 Å². The normalized spacial score (nSPS) is 22.1. The summed E-state index contributed by atoms with van der Waals surface area (Å²) >= 11 is 5.93. The Balaban J connectivity index is 2.43. The molecule has 1 aliphatic carbocycles. The zero-order valence-electron chi connectivity index (χ0n) is 7.70. The summed E-state index contributed by atoms with van der Waals surface area (Å²) in [6.07, 6.45) is 7.09. The molecule has 0 aromatic heterocycles. The van der Waals surface area contributed by atoms with Crippen molar-refractivity contribution in [2.24, 2.45) is 11.3 Å². The van der Waals surface area contributed by atoms with Crippen molar-refractivity contribution in [2.45, 2.75) is 46.0 Å². The van der Waals surface area contributed by atoms with Crippen molar-refractivity contribution in [2.75, 3.05) is 5.88 Å². The molecule has 1 fully saturated rings. The standard InChI is InChI=1S/C10H19Cl/c1-10(2,8-11)9-6-4-3-5-7-9/h9H,3-8H2,1-2H3. The molecule has 0 N–H and O–H groups in total. The van der Waals surface area contributed by atoms with Crippen molar-refractivity contribution in [3.8, 4) is 0 Å². The number of halogens is 1. The lowest BCUT2D eigenvalue weighted by Gasteiger charge is -2.35. The van der Waals surface area contributed by atoms with Crippen LogP contribution in [-0.2, 0) is 0 Å². The van der Waals surface area contributed by atoms with Crippen LogP contribution in [0.3, 0.4) is 0 Å². The lowest BCUT2D eigenvalue weighted by Crippen LogP contribution is -2.27. The van der Waals surface area contributed by atoms with Gasteiger partial charge in [-0.25, -0.2) is 0 Å². The average molecular weight is 175 g/mol. The van der Waals surface area contributed by atoms with Gasteiger partial charge in [-0.3, -0.25) is 0 Å². The molecule has 0 bridgehead atoms. The number of hydrogen-bond acceptors (Lipinski definition) is 0. The minimum atomic E-state index is 0.377. The second-order valence-electron chi connectivity index (χ2n) is 4.46. The summed E-state index contributed by atoms with van der Waals surface area (Å²) in [7, 11) is 0. The molecule has 0 aliphatic heterocycles. The van der Waals surface area contributed by atoms with E-state index in [0.29, 0.717) is 5.41 Å². The van der Waals surface area contributed by atoms with Gasteiger partial charge in [-0.15, -0.1) is 11.6 Å². The fourth-order valence-electron chi connectivity index (χ4n) is 1.99. The summed E-state index contributed by atoms with van der Waals surface area (Å²) in [5.74, 6) is 1.70. The first-order chi connectivity index (χ1) is 5.17. The summed E-state index contributed by atoms with van der Waals surface area (Å²) in [5.41, 5.74) is 0.377. The number of alkyl halides is 1. The van der Waals surface area contributed by atoms with Gasteiger partial charge in [-0.2, -0.15) is 0 Å². The largest absolute Gasteiger partial charge is 0.126 e.